The van der Waals surface area contributed by atoms with E-state index in [-0.39, 0.29) is 5.97 Å². The van der Waals surface area contributed by atoms with Crippen LogP contribution in [0.3, 0.4) is 0 Å². The van der Waals surface area contributed by atoms with Crippen molar-refractivity contribution in [2.24, 2.45) is 0 Å². The summed E-state index contributed by atoms with van der Waals surface area (Å²) in [6.45, 7) is 3.77. The number of aryl methyl sites for hydroxylation is 1. The first-order valence-corrected chi connectivity index (χ1v) is 5.79. The molecule has 0 unspecified atom stereocenters. The van der Waals surface area contributed by atoms with E-state index in [9.17, 15) is 4.79 Å². The summed E-state index contributed by atoms with van der Waals surface area (Å²) < 4.78 is 5.20. The molecule has 1 aromatic carbocycles. The van der Waals surface area contributed by atoms with Crippen molar-refractivity contribution in [1.82, 2.24) is 0 Å². The van der Waals surface area contributed by atoms with Gasteiger partial charge in [-0.25, -0.2) is 4.79 Å². The molecule has 0 spiro atoms. The molecule has 0 fully saturated rings. The summed E-state index contributed by atoms with van der Waals surface area (Å²) in [5, 5.41) is 0.508. The molecule has 1 aromatic rings. The van der Waals surface area contributed by atoms with Gasteiger partial charge in [0, 0.05) is 10.9 Å². The molecule has 0 aliphatic heterocycles. The monoisotopic (exact) mass is 268 g/mol. The molecule has 0 aliphatic carbocycles. The van der Waals surface area contributed by atoms with Crippen molar-refractivity contribution in [3.05, 3.63) is 41.5 Å². The molecule has 1 rings (SSSR count). The number of carbonyl (C=O) groups is 1. The van der Waals surface area contributed by atoms with E-state index in [0.29, 0.717) is 16.7 Å². The Morgan fingerprint density at radius 2 is 2.27 bits per heavy atom. The number of alkyl halides is 1. The van der Waals surface area contributed by atoms with Gasteiger partial charge in [0.15, 0.2) is 0 Å². The van der Waals surface area contributed by atoms with Crippen LogP contribution in [0.2, 0.25) is 0 Å². The molecule has 0 aromatic heterocycles. The number of hydrogen-bond donors (Lipinski definition) is 0. The third kappa shape index (κ3) is 3.51. The number of benzene rings is 1. The molecule has 0 saturated heterocycles. The largest absolute Gasteiger partial charge is 0.423 e. The number of esters is 1. The minimum Gasteiger partial charge on any atom is -0.423 e. The van der Waals surface area contributed by atoms with Crippen molar-refractivity contribution >= 4 is 21.9 Å². The van der Waals surface area contributed by atoms with Crippen molar-refractivity contribution in [1.29, 1.82) is 0 Å². The molecule has 0 saturated carbocycles. The van der Waals surface area contributed by atoms with Gasteiger partial charge in [-0.05, 0) is 31.5 Å². The highest BCUT2D eigenvalue weighted by Crippen LogP contribution is 2.14. The van der Waals surface area contributed by atoms with Gasteiger partial charge in [-0.3, -0.25) is 0 Å². The van der Waals surface area contributed by atoms with Crippen molar-refractivity contribution < 1.29 is 9.53 Å². The Bertz CT molecular complexity index is 383. The molecule has 80 valence electrons. The summed E-state index contributed by atoms with van der Waals surface area (Å²) in [7, 11) is 0. The van der Waals surface area contributed by atoms with E-state index in [1.807, 2.05) is 32.0 Å². The van der Waals surface area contributed by atoms with Gasteiger partial charge < -0.3 is 4.74 Å². The molecule has 2 nitrogen and oxygen atoms in total. The predicted octanol–water partition coefficient (Wildman–Crippen LogP) is 3.24. The maximum Gasteiger partial charge on any atom is 0.339 e. The summed E-state index contributed by atoms with van der Waals surface area (Å²) >= 11 is 3.24. The van der Waals surface area contributed by atoms with Crippen LogP contribution in [0.15, 0.2) is 35.9 Å². The highest BCUT2D eigenvalue weighted by Gasteiger charge is 2.09. The van der Waals surface area contributed by atoms with Gasteiger partial charge in [0.2, 0.25) is 0 Å². The van der Waals surface area contributed by atoms with Crippen molar-refractivity contribution in [2.75, 3.05) is 5.33 Å². The fourth-order valence-electron chi connectivity index (χ4n) is 1.10. The second-order valence-corrected chi connectivity index (χ2v) is 3.71. The zero-order valence-electron chi connectivity index (χ0n) is 8.79. The molecule has 0 bridgehead atoms. The lowest BCUT2D eigenvalue weighted by Gasteiger charge is -2.05. The van der Waals surface area contributed by atoms with Crippen LogP contribution < -0.4 is 4.74 Å². The van der Waals surface area contributed by atoms with Gasteiger partial charge in [-0.1, -0.05) is 34.1 Å². The molecule has 0 N–H and O–H groups in total. The van der Waals surface area contributed by atoms with Crippen LogP contribution >= 0.6 is 15.9 Å². The van der Waals surface area contributed by atoms with Crippen LogP contribution in [-0.2, 0) is 4.79 Å². The topological polar surface area (TPSA) is 26.3 Å². The molecular formula is C12H13BrO2. The SMILES string of the molecule is CC=C(CBr)C(=O)Oc1cccc(C)c1. The Kier molecular flexibility index (Phi) is 4.56. The minimum absolute atomic E-state index is 0.306. The van der Waals surface area contributed by atoms with Gasteiger partial charge in [0.25, 0.3) is 0 Å². The van der Waals surface area contributed by atoms with Crippen molar-refractivity contribution in [2.45, 2.75) is 13.8 Å². The summed E-state index contributed by atoms with van der Waals surface area (Å²) in [5.41, 5.74) is 1.69. The zero-order valence-corrected chi connectivity index (χ0v) is 10.4. The summed E-state index contributed by atoms with van der Waals surface area (Å²) in [5.74, 6) is 0.278. The van der Waals surface area contributed by atoms with E-state index in [0.717, 1.165) is 5.56 Å². The fourth-order valence-corrected chi connectivity index (χ4v) is 1.65. The van der Waals surface area contributed by atoms with Gasteiger partial charge in [-0.2, -0.15) is 0 Å². The first-order chi connectivity index (χ1) is 7.17. The molecule has 0 aliphatic rings. The lowest BCUT2D eigenvalue weighted by molar-refractivity contribution is -0.130. The number of hydrogen-bond acceptors (Lipinski definition) is 2. The average molecular weight is 269 g/mol. The molecule has 0 radical (unpaired) electrons. The number of halogens is 1. The van der Waals surface area contributed by atoms with Gasteiger partial charge >= 0.3 is 5.97 Å². The number of allylic oxidation sites excluding steroid dienone is 1. The Hall–Kier alpha value is -1.09. The Labute approximate surface area is 98.1 Å². The van der Waals surface area contributed by atoms with Gasteiger partial charge in [0.1, 0.15) is 5.75 Å². The lowest BCUT2D eigenvalue weighted by atomic mass is 10.2. The van der Waals surface area contributed by atoms with Gasteiger partial charge in [-0.15, -0.1) is 0 Å². The Morgan fingerprint density at radius 1 is 1.53 bits per heavy atom. The van der Waals surface area contributed by atoms with Gasteiger partial charge in [0.05, 0.1) is 0 Å². The molecule has 0 amide bonds. The van der Waals surface area contributed by atoms with Crippen LogP contribution in [0.5, 0.6) is 5.75 Å². The van der Waals surface area contributed by atoms with E-state index in [2.05, 4.69) is 15.9 Å². The Morgan fingerprint density at radius 3 is 2.80 bits per heavy atom. The summed E-state index contributed by atoms with van der Waals surface area (Å²) in [6, 6.07) is 7.42. The smallest absolute Gasteiger partial charge is 0.339 e. The molecule has 0 heterocycles. The highest BCUT2D eigenvalue weighted by atomic mass is 79.9. The van der Waals surface area contributed by atoms with Crippen LogP contribution in [0.4, 0.5) is 0 Å². The lowest BCUT2D eigenvalue weighted by Crippen LogP contribution is -2.12. The normalized spacial score (nSPS) is 11.3. The number of rotatable bonds is 3. The number of ether oxygens (including phenoxy) is 1. The van der Waals surface area contributed by atoms with Crippen LogP contribution in [-0.4, -0.2) is 11.3 Å². The third-order valence-electron chi connectivity index (χ3n) is 1.95. The molecule has 0 atom stereocenters. The molecule has 3 heteroatoms. The Balaban J connectivity index is 2.74. The first-order valence-electron chi connectivity index (χ1n) is 4.67. The minimum atomic E-state index is -0.306. The van der Waals surface area contributed by atoms with Crippen molar-refractivity contribution in [3.63, 3.8) is 0 Å². The second kappa shape index (κ2) is 5.71. The van der Waals surface area contributed by atoms with E-state index in [1.54, 1.807) is 12.1 Å². The summed E-state index contributed by atoms with van der Waals surface area (Å²) in [6.07, 6.45) is 1.74. The highest BCUT2D eigenvalue weighted by molar-refractivity contribution is 9.09. The van der Waals surface area contributed by atoms with Crippen LogP contribution in [0.1, 0.15) is 12.5 Å². The molecule has 15 heavy (non-hydrogen) atoms. The standard InChI is InChI=1S/C12H13BrO2/c1-3-10(8-13)12(14)15-11-6-4-5-9(2)7-11/h3-7H,8H2,1-2H3. The predicted molar refractivity (Wildman–Crippen MR) is 64.4 cm³/mol. The maximum atomic E-state index is 11.6. The van der Waals surface area contributed by atoms with E-state index >= 15 is 0 Å². The van der Waals surface area contributed by atoms with Crippen molar-refractivity contribution in [3.8, 4) is 5.75 Å². The van der Waals surface area contributed by atoms with Crippen LogP contribution in [0, 0.1) is 6.92 Å². The van der Waals surface area contributed by atoms with E-state index in [4.69, 9.17) is 4.74 Å². The fraction of sp³-hybridized carbons (Fsp3) is 0.250. The zero-order chi connectivity index (χ0) is 11.3. The average Bonchev–Trinajstić information content (AvgIpc) is 2.19. The first kappa shape index (κ1) is 12.0. The second-order valence-electron chi connectivity index (χ2n) is 3.15. The number of carbonyl (C=O) groups excluding carboxylic acids is 1. The molecular weight excluding hydrogens is 256 g/mol. The summed E-state index contributed by atoms with van der Waals surface area (Å²) in [4.78, 5) is 11.6. The third-order valence-corrected chi connectivity index (χ3v) is 2.56. The van der Waals surface area contributed by atoms with E-state index < -0.39 is 0 Å². The van der Waals surface area contributed by atoms with E-state index in [1.165, 1.54) is 0 Å². The maximum absolute atomic E-state index is 11.6. The van der Waals surface area contributed by atoms with Crippen LogP contribution in [0.25, 0.3) is 0 Å². The quantitative estimate of drug-likeness (QED) is 0.364.